The molecule has 0 spiro atoms. The summed E-state index contributed by atoms with van der Waals surface area (Å²) in [4.78, 5) is 7.67. The zero-order chi connectivity index (χ0) is 12.1. The summed E-state index contributed by atoms with van der Waals surface area (Å²) < 4.78 is 5.47. The van der Waals surface area contributed by atoms with E-state index < -0.39 is 0 Å². The predicted molar refractivity (Wildman–Crippen MR) is 62.9 cm³/mol. The van der Waals surface area contributed by atoms with Crippen molar-refractivity contribution in [3.63, 3.8) is 0 Å². The minimum Gasteiger partial charge on any atom is -0.439 e. The Morgan fingerprint density at radius 3 is 2.65 bits per heavy atom. The molecule has 0 amide bonds. The van der Waals surface area contributed by atoms with E-state index in [1.54, 1.807) is 18.2 Å². The Kier molecular flexibility index (Phi) is 3.53. The third-order valence-electron chi connectivity index (χ3n) is 2.03. The third kappa shape index (κ3) is 3.16. The number of aromatic nitrogens is 2. The Balaban J connectivity index is 2.11. The van der Waals surface area contributed by atoms with Crippen LogP contribution in [0.5, 0.6) is 11.6 Å². The highest BCUT2D eigenvalue weighted by Crippen LogP contribution is 2.20. The van der Waals surface area contributed by atoms with Crippen LogP contribution in [-0.4, -0.2) is 9.97 Å². The molecule has 1 aromatic carbocycles. The standard InChI is InChI=1S/C12H8ClN3O/c13-12-15-8-6-11(16-12)17-10-3-1-9(2-4-10)5-7-14/h1-4,6,8H,5H2. The lowest BCUT2D eigenvalue weighted by Crippen LogP contribution is -1.90. The fraction of sp³-hybridized carbons (Fsp3) is 0.0833. The van der Waals surface area contributed by atoms with Gasteiger partial charge < -0.3 is 4.74 Å². The van der Waals surface area contributed by atoms with Crippen molar-refractivity contribution in [3.05, 3.63) is 47.4 Å². The third-order valence-corrected chi connectivity index (χ3v) is 2.21. The molecule has 17 heavy (non-hydrogen) atoms. The minimum absolute atomic E-state index is 0.142. The quantitative estimate of drug-likeness (QED) is 0.780. The van der Waals surface area contributed by atoms with Gasteiger partial charge in [0.15, 0.2) is 0 Å². The average molecular weight is 246 g/mol. The topological polar surface area (TPSA) is 58.8 Å². The molecule has 5 heteroatoms. The van der Waals surface area contributed by atoms with Crippen molar-refractivity contribution in [2.75, 3.05) is 0 Å². The molecule has 0 atom stereocenters. The van der Waals surface area contributed by atoms with Crippen LogP contribution in [0.4, 0.5) is 0 Å². The van der Waals surface area contributed by atoms with Crippen LogP contribution >= 0.6 is 11.6 Å². The first kappa shape index (κ1) is 11.4. The summed E-state index contributed by atoms with van der Waals surface area (Å²) in [7, 11) is 0. The van der Waals surface area contributed by atoms with E-state index >= 15 is 0 Å². The first-order valence-electron chi connectivity index (χ1n) is 4.90. The van der Waals surface area contributed by atoms with E-state index in [0.29, 0.717) is 18.1 Å². The summed E-state index contributed by atoms with van der Waals surface area (Å²) in [6, 6.07) is 10.9. The first-order chi connectivity index (χ1) is 8.28. The van der Waals surface area contributed by atoms with Crippen LogP contribution in [0.3, 0.4) is 0 Å². The van der Waals surface area contributed by atoms with E-state index in [9.17, 15) is 0 Å². The van der Waals surface area contributed by atoms with Crippen molar-refractivity contribution in [2.24, 2.45) is 0 Å². The Morgan fingerprint density at radius 1 is 1.24 bits per heavy atom. The number of hydrogen-bond acceptors (Lipinski definition) is 4. The van der Waals surface area contributed by atoms with E-state index in [4.69, 9.17) is 21.6 Å². The van der Waals surface area contributed by atoms with Gasteiger partial charge in [-0.05, 0) is 29.3 Å². The molecule has 0 saturated heterocycles. The second kappa shape index (κ2) is 5.28. The maximum absolute atomic E-state index is 8.54. The molecule has 84 valence electrons. The summed E-state index contributed by atoms with van der Waals surface area (Å²) >= 11 is 5.64. The monoisotopic (exact) mass is 245 g/mol. The summed E-state index contributed by atoms with van der Waals surface area (Å²) in [5, 5.41) is 8.68. The van der Waals surface area contributed by atoms with Gasteiger partial charge in [-0.25, -0.2) is 4.98 Å². The molecule has 2 aromatic rings. The smallest absolute Gasteiger partial charge is 0.225 e. The van der Waals surface area contributed by atoms with E-state index in [2.05, 4.69) is 16.0 Å². The zero-order valence-corrected chi connectivity index (χ0v) is 9.55. The summed E-state index contributed by atoms with van der Waals surface area (Å²) in [5.74, 6) is 1.03. The molecule has 0 bridgehead atoms. The fourth-order valence-corrected chi connectivity index (χ4v) is 1.40. The summed E-state index contributed by atoms with van der Waals surface area (Å²) in [6.07, 6.45) is 1.91. The van der Waals surface area contributed by atoms with E-state index in [1.807, 2.05) is 12.1 Å². The number of hydrogen-bond donors (Lipinski definition) is 0. The summed E-state index contributed by atoms with van der Waals surface area (Å²) in [5.41, 5.74) is 0.945. The van der Waals surface area contributed by atoms with Crippen LogP contribution in [0.25, 0.3) is 0 Å². The largest absolute Gasteiger partial charge is 0.439 e. The second-order valence-corrected chi connectivity index (χ2v) is 3.58. The van der Waals surface area contributed by atoms with E-state index in [0.717, 1.165) is 5.56 Å². The predicted octanol–water partition coefficient (Wildman–Crippen LogP) is 2.99. The number of nitrogens with zero attached hydrogens (tertiary/aromatic N) is 3. The minimum atomic E-state index is 0.142. The lowest BCUT2D eigenvalue weighted by molar-refractivity contribution is 0.461. The Labute approximate surface area is 103 Å². The maximum atomic E-state index is 8.54. The molecular formula is C12H8ClN3O. The molecule has 0 aliphatic carbocycles. The van der Waals surface area contributed by atoms with Gasteiger partial charge in [0.1, 0.15) is 5.75 Å². The van der Waals surface area contributed by atoms with Gasteiger partial charge in [-0.3, -0.25) is 0 Å². The van der Waals surface area contributed by atoms with E-state index in [1.165, 1.54) is 6.20 Å². The second-order valence-electron chi connectivity index (χ2n) is 3.24. The lowest BCUT2D eigenvalue weighted by Gasteiger charge is -2.04. The Hall–Kier alpha value is -2.12. The number of ether oxygens (including phenoxy) is 1. The van der Waals surface area contributed by atoms with Crippen LogP contribution in [-0.2, 0) is 6.42 Å². The van der Waals surface area contributed by atoms with Crippen molar-refractivity contribution in [1.82, 2.24) is 9.97 Å². The molecule has 0 N–H and O–H groups in total. The highest BCUT2D eigenvalue weighted by Gasteiger charge is 2.00. The summed E-state index contributed by atoms with van der Waals surface area (Å²) in [6.45, 7) is 0. The molecule has 0 fully saturated rings. The number of nitriles is 1. The van der Waals surface area contributed by atoms with Crippen LogP contribution in [0.15, 0.2) is 36.5 Å². The Bertz CT molecular complexity index is 548. The molecule has 4 nitrogen and oxygen atoms in total. The highest BCUT2D eigenvalue weighted by atomic mass is 35.5. The first-order valence-corrected chi connectivity index (χ1v) is 5.28. The van der Waals surface area contributed by atoms with E-state index in [-0.39, 0.29) is 5.28 Å². The maximum Gasteiger partial charge on any atom is 0.225 e. The van der Waals surface area contributed by atoms with Gasteiger partial charge in [0, 0.05) is 12.3 Å². The van der Waals surface area contributed by atoms with Crippen molar-refractivity contribution in [2.45, 2.75) is 6.42 Å². The number of halogens is 1. The normalized spacial score (nSPS) is 9.65. The molecule has 0 saturated carbocycles. The zero-order valence-electron chi connectivity index (χ0n) is 8.80. The van der Waals surface area contributed by atoms with Crippen LogP contribution in [0.1, 0.15) is 5.56 Å². The molecule has 0 aliphatic heterocycles. The number of rotatable bonds is 3. The van der Waals surface area contributed by atoms with Gasteiger partial charge >= 0.3 is 0 Å². The van der Waals surface area contributed by atoms with Crippen LogP contribution < -0.4 is 4.74 Å². The molecule has 0 unspecified atom stereocenters. The van der Waals surface area contributed by atoms with Crippen molar-refractivity contribution >= 4 is 11.6 Å². The Morgan fingerprint density at radius 2 is 2.00 bits per heavy atom. The van der Waals surface area contributed by atoms with Crippen molar-refractivity contribution in [3.8, 4) is 17.7 Å². The lowest BCUT2D eigenvalue weighted by atomic mass is 10.2. The van der Waals surface area contributed by atoms with Gasteiger partial charge in [-0.15, -0.1) is 0 Å². The molecule has 0 radical (unpaired) electrons. The van der Waals surface area contributed by atoms with Gasteiger partial charge in [-0.1, -0.05) is 12.1 Å². The number of benzene rings is 1. The molecule has 1 heterocycles. The highest BCUT2D eigenvalue weighted by molar-refractivity contribution is 6.28. The van der Waals surface area contributed by atoms with Gasteiger partial charge in [-0.2, -0.15) is 10.2 Å². The molecule has 2 rings (SSSR count). The van der Waals surface area contributed by atoms with Gasteiger partial charge in [0.05, 0.1) is 12.5 Å². The van der Waals surface area contributed by atoms with Crippen molar-refractivity contribution in [1.29, 1.82) is 5.26 Å². The van der Waals surface area contributed by atoms with Crippen molar-refractivity contribution < 1.29 is 4.74 Å². The fourth-order valence-electron chi connectivity index (χ4n) is 1.26. The molecule has 1 aromatic heterocycles. The van der Waals surface area contributed by atoms with Crippen LogP contribution in [0.2, 0.25) is 5.28 Å². The average Bonchev–Trinajstić information content (AvgIpc) is 2.32. The van der Waals surface area contributed by atoms with Gasteiger partial charge in [0.25, 0.3) is 0 Å². The SMILES string of the molecule is N#CCc1ccc(Oc2ccnc(Cl)n2)cc1. The molecular weight excluding hydrogens is 238 g/mol. The van der Waals surface area contributed by atoms with Gasteiger partial charge in [0.2, 0.25) is 11.2 Å². The molecule has 0 aliphatic rings. The van der Waals surface area contributed by atoms with Crippen LogP contribution in [0, 0.1) is 11.3 Å².